The van der Waals surface area contributed by atoms with Crippen molar-refractivity contribution < 1.29 is 4.74 Å². The Bertz CT molecular complexity index is 570. The van der Waals surface area contributed by atoms with E-state index < -0.39 is 0 Å². The molecule has 2 rings (SSSR count). The van der Waals surface area contributed by atoms with Crippen LogP contribution >= 0.6 is 11.6 Å². The number of halogens is 1. The third kappa shape index (κ3) is 3.00. The van der Waals surface area contributed by atoms with E-state index in [2.05, 4.69) is 17.0 Å². The van der Waals surface area contributed by atoms with Crippen molar-refractivity contribution in [2.45, 2.75) is 25.9 Å². The topological polar surface area (TPSA) is 66.0 Å². The van der Waals surface area contributed by atoms with E-state index in [1.54, 1.807) is 24.2 Å². The number of aryl methyl sites for hydroxylation is 1. The minimum Gasteiger partial charge on any atom is -0.383 e. The van der Waals surface area contributed by atoms with Gasteiger partial charge in [-0.2, -0.15) is 5.10 Å². The highest BCUT2D eigenvalue weighted by Crippen LogP contribution is 2.28. The molecule has 0 aromatic carbocycles. The van der Waals surface area contributed by atoms with Crippen LogP contribution < -0.4 is 5.73 Å². The van der Waals surface area contributed by atoms with Crippen molar-refractivity contribution in [2.24, 2.45) is 5.73 Å². The van der Waals surface area contributed by atoms with Crippen molar-refractivity contribution in [1.29, 1.82) is 0 Å². The predicted octanol–water partition coefficient (Wildman–Crippen LogP) is 2.19. The van der Waals surface area contributed by atoms with Crippen LogP contribution in [-0.2, 0) is 17.7 Å². The largest absolute Gasteiger partial charge is 0.383 e. The molecule has 2 aromatic rings. The smallest absolute Gasteiger partial charge is 0.0837 e. The van der Waals surface area contributed by atoms with E-state index >= 15 is 0 Å². The van der Waals surface area contributed by atoms with E-state index in [9.17, 15) is 0 Å². The summed E-state index contributed by atoms with van der Waals surface area (Å²) in [6.07, 6.45) is 6.09. The molecule has 0 spiro atoms. The molecule has 2 aromatic heterocycles. The molecule has 2 heterocycles. The molecule has 1 unspecified atom stereocenters. The molecule has 1 atom stereocenters. The molecule has 2 N–H and O–H groups in total. The zero-order valence-corrected chi connectivity index (χ0v) is 12.5. The molecule has 0 bridgehead atoms. The van der Waals surface area contributed by atoms with Crippen LogP contribution in [0.25, 0.3) is 0 Å². The number of nitrogens with zero attached hydrogens (tertiary/aromatic N) is 3. The number of hydrogen-bond acceptors (Lipinski definition) is 4. The van der Waals surface area contributed by atoms with Gasteiger partial charge in [-0.1, -0.05) is 18.5 Å². The summed E-state index contributed by atoms with van der Waals surface area (Å²) in [5.74, 6) is 0. The van der Waals surface area contributed by atoms with Crippen molar-refractivity contribution in [3.8, 4) is 0 Å². The van der Waals surface area contributed by atoms with Crippen LogP contribution in [0, 0.1) is 0 Å². The molecule has 0 aliphatic rings. The maximum absolute atomic E-state index is 6.40. The van der Waals surface area contributed by atoms with Crippen molar-refractivity contribution in [2.75, 3.05) is 13.7 Å². The second-order valence-electron chi connectivity index (χ2n) is 4.50. The third-order valence-electron chi connectivity index (χ3n) is 3.29. The predicted molar refractivity (Wildman–Crippen MR) is 78.8 cm³/mol. The van der Waals surface area contributed by atoms with E-state index in [0.717, 1.165) is 23.2 Å². The molecule has 0 aliphatic heterocycles. The number of pyridine rings is 1. The molecule has 0 aliphatic carbocycles. The average Bonchev–Trinajstić information content (AvgIpc) is 2.85. The van der Waals surface area contributed by atoms with Crippen molar-refractivity contribution in [3.63, 3.8) is 0 Å². The molecule has 5 nitrogen and oxygen atoms in total. The highest BCUT2D eigenvalue weighted by molar-refractivity contribution is 6.31. The highest BCUT2D eigenvalue weighted by atomic mass is 35.5. The molecule has 6 heteroatoms. The summed E-state index contributed by atoms with van der Waals surface area (Å²) >= 11 is 6.24. The molecule has 108 valence electrons. The lowest BCUT2D eigenvalue weighted by Crippen LogP contribution is -2.20. The van der Waals surface area contributed by atoms with Gasteiger partial charge in [0.2, 0.25) is 0 Å². The lowest BCUT2D eigenvalue weighted by molar-refractivity contribution is 0.182. The maximum Gasteiger partial charge on any atom is 0.0837 e. The van der Waals surface area contributed by atoms with Crippen LogP contribution in [0.15, 0.2) is 24.7 Å². The van der Waals surface area contributed by atoms with Gasteiger partial charge in [0.05, 0.1) is 36.1 Å². The molecule has 0 fully saturated rings. The molecule has 0 saturated heterocycles. The Morgan fingerprint density at radius 1 is 1.45 bits per heavy atom. The Hall–Kier alpha value is -1.43. The van der Waals surface area contributed by atoms with Gasteiger partial charge in [-0.3, -0.25) is 9.67 Å². The minimum atomic E-state index is -0.320. The second-order valence-corrected chi connectivity index (χ2v) is 4.91. The van der Waals surface area contributed by atoms with Gasteiger partial charge in [-0.25, -0.2) is 0 Å². The summed E-state index contributed by atoms with van der Waals surface area (Å²) in [7, 11) is 1.66. The summed E-state index contributed by atoms with van der Waals surface area (Å²) in [5.41, 5.74) is 9.36. The van der Waals surface area contributed by atoms with Gasteiger partial charge in [0.15, 0.2) is 0 Å². The third-order valence-corrected chi connectivity index (χ3v) is 3.58. The fourth-order valence-electron chi connectivity index (χ4n) is 2.22. The first-order valence-electron chi connectivity index (χ1n) is 6.57. The Labute approximate surface area is 123 Å². The molecular formula is C14H19ClN4O. The zero-order valence-electron chi connectivity index (χ0n) is 11.7. The highest BCUT2D eigenvalue weighted by Gasteiger charge is 2.20. The number of rotatable bonds is 6. The van der Waals surface area contributed by atoms with Crippen LogP contribution in [0.2, 0.25) is 5.02 Å². The SMILES string of the molecule is CCc1cnccc1C(N)c1c(Cl)cnn1CCOC. The van der Waals surface area contributed by atoms with E-state index in [1.165, 1.54) is 0 Å². The fraction of sp³-hybridized carbons (Fsp3) is 0.429. The lowest BCUT2D eigenvalue weighted by atomic mass is 9.99. The number of ether oxygens (including phenoxy) is 1. The summed E-state index contributed by atoms with van der Waals surface area (Å²) in [6, 6.07) is 1.62. The molecule has 20 heavy (non-hydrogen) atoms. The summed E-state index contributed by atoms with van der Waals surface area (Å²) < 4.78 is 6.89. The van der Waals surface area contributed by atoms with Gasteiger partial charge in [0, 0.05) is 19.5 Å². The number of hydrogen-bond donors (Lipinski definition) is 1. The first-order valence-corrected chi connectivity index (χ1v) is 6.95. The molecule has 0 saturated carbocycles. The minimum absolute atomic E-state index is 0.320. The standard InChI is InChI=1S/C14H19ClN4O/c1-3-10-8-17-5-4-11(10)13(16)14-12(15)9-18-19(14)6-7-20-2/h4-5,8-9,13H,3,6-7,16H2,1-2H3. The first-order chi connectivity index (χ1) is 9.69. The van der Waals surface area contributed by atoms with Crippen LogP contribution in [0.1, 0.15) is 29.8 Å². The maximum atomic E-state index is 6.40. The van der Waals surface area contributed by atoms with Crippen LogP contribution in [-0.4, -0.2) is 28.5 Å². The van der Waals surface area contributed by atoms with Crippen molar-refractivity contribution in [3.05, 3.63) is 46.5 Å². The Morgan fingerprint density at radius 3 is 2.95 bits per heavy atom. The zero-order chi connectivity index (χ0) is 14.5. The Morgan fingerprint density at radius 2 is 2.25 bits per heavy atom. The molecular weight excluding hydrogens is 276 g/mol. The Balaban J connectivity index is 2.37. The van der Waals surface area contributed by atoms with Gasteiger partial charge in [0.25, 0.3) is 0 Å². The summed E-state index contributed by atoms with van der Waals surface area (Å²) in [4.78, 5) is 4.14. The van der Waals surface area contributed by atoms with Gasteiger partial charge in [-0.15, -0.1) is 0 Å². The van der Waals surface area contributed by atoms with Gasteiger partial charge in [0.1, 0.15) is 0 Å². The van der Waals surface area contributed by atoms with Crippen LogP contribution in [0.4, 0.5) is 0 Å². The van der Waals surface area contributed by atoms with Crippen LogP contribution in [0.5, 0.6) is 0 Å². The fourth-order valence-corrected chi connectivity index (χ4v) is 2.48. The van der Waals surface area contributed by atoms with Gasteiger partial charge < -0.3 is 10.5 Å². The van der Waals surface area contributed by atoms with Crippen molar-refractivity contribution >= 4 is 11.6 Å². The summed E-state index contributed by atoms with van der Waals surface area (Å²) in [6.45, 7) is 3.27. The first kappa shape index (κ1) is 15.0. The average molecular weight is 295 g/mol. The van der Waals surface area contributed by atoms with Crippen LogP contribution in [0.3, 0.4) is 0 Å². The second kappa shape index (κ2) is 6.83. The molecule has 0 amide bonds. The van der Waals surface area contributed by atoms with Gasteiger partial charge in [-0.05, 0) is 23.6 Å². The quantitative estimate of drug-likeness (QED) is 0.887. The van der Waals surface area contributed by atoms with E-state index in [-0.39, 0.29) is 6.04 Å². The number of methoxy groups -OCH3 is 1. The molecule has 0 radical (unpaired) electrons. The van der Waals surface area contributed by atoms with E-state index in [1.807, 2.05) is 12.3 Å². The lowest BCUT2D eigenvalue weighted by Gasteiger charge is -2.17. The normalized spacial score (nSPS) is 12.6. The van der Waals surface area contributed by atoms with E-state index in [4.69, 9.17) is 22.1 Å². The number of aromatic nitrogens is 3. The van der Waals surface area contributed by atoms with Gasteiger partial charge >= 0.3 is 0 Å². The monoisotopic (exact) mass is 294 g/mol. The van der Waals surface area contributed by atoms with Crippen molar-refractivity contribution in [1.82, 2.24) is 14.8 Å². The van der Waals surface area contributed by atoms with E-state index in [0.29, 0.717) is 18.2 Å². The summed E-state index contributed by atoms with van der Waals surface area (Å²) in [5, 5.41) is 4.84. The Kier molecular flexibility index (Phi) is 5.11. The number of nitrogens with two attached hydrogens (primary N) is 1.